The van der Waals surface area contributed by atoms with Crippen molar-refractivity contribution in [1.82, 2.24) is 19.2 Å². The van der Waals surface area contributed by atoms with Crippen molar-refractivity contribution in [3.63, 3.8) is 0 Å². The zero-order chi connectivity index (χ0) is 13.1. The van der Waals surface area contributed by atoms with E-state index < -0.39 is 0 Å². The highest BCUT2D eigenvalue weighted by Gasteiger charge is 2.16. The Kier molecular flexibility index (Phi) is 3.55. The van der Waals surface area contributed by atoms with Gasteiger partial charge in [-0.2, -0.15) is 0 Å². The fraction of sp³-hybridized carbons (Fsp3) is 0.500. The minimum atomic E-state index is 0.497. The van der Waals surface area contributed by atoms with Crippen LogP contribution in [-0.4, -0.2) is 19.2 Å². The third kappa shape index (κ3) is 2.05. The summed E-state index contributed by atoms with van der Waals surface area (Å²) in [6.45, 7) is 5.11. The number of anilines is 1. The standard InChI is InChI=1S/C12H20N6/c1-3-5-10-16-11(12(13)18(10)14)9-7-15-8-17(9)6-4-2/h7-8H,3-6,13-14H2,1-2H3. The number of aryl methyl sites for hydroxylation is 2. The first kappa shape index (κ1) is 12.5. The first-order chi connectivity index (χ1) is 8.69. The molecule has 0 amide bonds. The van der Waals surface area contributed by atoms with E-state index in [0.717, 1.165) is 43.0 Å². The van der Waals surface area contributed by atoms with E-state index in [1.807, 2.05) is 0 Å². The average Bonchev–Trinajstić information content (AvgIpc) is 2.90. The van der Waals surface area contributed by atoms with Crippen molar-refractivity contribution < 1.29 is 0 Å². The van der Waals surface area contributed by atoms with Crippen LogP contribution in [0.25, 0.3) is 11.4 Å². The SMILES string of the molecule is CCCc1nc(-c2cncn2CCC)c(N)n1N. The lowest BCUT2D eigenvalue weighted by atomic mass is 10.3. The molecule has 0 unspecified atom stereocenters. The Labute approximate surface area is 107 Å². The summed E-state index contributed by atoms with van der Waals surface area (Å²) in [6.07, 6.45) is 6.43. The molecule has 6 heteroatoms. The molecule has 18 heavy (non-hydrogen) atoms. The quantitative estimate of drug-likeness (QED) is 0.783. The van der Waals surface area contributed by atoms with Crippen molar-refractivity contribution in [3.8, 4) is 11.4 Å². The second kappa shape index (κ2) is 5.12. The molecule has 2 rings (SSSR count). The second-order valence-electron chi connectivity index (χ2n) is 4.35. The maximum absolute atomic E-state index is 6.02. The Morgan fingerprint density at radius 1 is 1.28 bits per heavy atom. The minimum Gasteiger partial charge on any atom is -0.382 e. The predicted octanol–water partition coefficient (Wildman–Crippen LogP) is 1.41. The molecule has 0 bridgehead atoms. The molecule has 0 spiro atoms. The molecule has 6 nitrogen and oxygen atoms in total. The highest BCUT2D eigenvalue weighted by molar-refractivity contribution is 5.68. The number of nitrogens with zero attached hydrogens (tertiary/aromatic N) is 4. The van der Waals surface area contributed by atoms with Crippen LogP contribution < -0.4 is 11.6 Å². The summed E-state index contributed by atoms with van der Waals surface area (Å²) in [5, 5.41) is 0. The van der Waals surface area contributed by atoms with Crippen molar-refractivity contribution in [2.75, 3.05) is 11.6 Å². The van der Waals surface area contributed by atoms with Crippen LogP contribution in [0, 0.1) is 0 Å². The highest BCUT2D eigenvalue weighted by atomic mass is 15.4. The molecule has 0 aliphatic heterocycles. The second-order valence-corrected chi connectivity index (χ2v) is 4.35. The van der Waals surface area contributed by atoms with Gasteiger partial charge in [0.1, 0.15) is 11.5 Å². The van der Waals surface area contributed by atoms with E-state index in [-0.39, 0.29) is 0 Å². The highest BCUT2D eigenvalue weighted by Crippen LogP contribution is 2.25. The van der Waals surface area contributed by atoms with Gasteiger partial charge in [0.2, 0.25) is 0 Å². The maximum atomic E-state index is 6.02. The molecular weight excluding hydrogens is 228 g/mol. The molecule has 2 aromatic heterocycles. The number of rotatable bonds is 5. The molecule has 0 fully saturated rings. The van der Waals surface area contributed by atoms with Gasteiger partial charge in [-0.15, -0.1) is 0 Å². The van der Waals surface area contributed by atoms with Gasteiger partial charge >= 0.3 is 0 Å². The van der Waals surface area contributed by atoms with Gasteiger partial charge in [-0.25, -0.2) is 14.6 Å². The van der Waals surface area contributed by atoms with Crippen LogP contribution in [0.1, 0.15) is 32.5 Å². The van der Waals surface area contributed by atoms with Crippen LogP contribution in [0.4, 0.5) is 5.82 Å². The summed E-state index contributed by atoms with van der Waals surface area (Å²) in [5.41, 5.74) is 7.68. The Morgan fingerprint density at radius 2 is 2.06 bits per heavy atom. The maximum Gasteiger partial charge on any atom is 0.152 e. The first-order valence-electron chi connectivity index (χ1n) is 6.31. The third-order valence-corrected chi connectivity index (χ3v) is 2.91. The van der Waals surface area contributed by atoms with Gasteiger partial charge in [-0.3, -0.25) is 0 Å². The molecule has 0 atom stereocenters. The smallest absolute Gasteiger partial charge is 0.152 e. The summed E-state index contributed by atoms with van der Waals surface area (Å²) >= 11 is 0. The van der Waals surface area contributed by atoms with Crippen LogP contribution in [-0.2, 0) is 13.0 Å². The van der Waals surface area contributed by atoms with Crippen molar-refractivity contribution in [1.29, 1.82) is 0 Å². The lowest BCUT2D eigenvalue weighted by Gasteiger charge is -2.04. The molecule has 0 aliphatic rings. The van der Waals surface area contributed by atoms with E-state index in [1.165, 1.54) is 4.68 Å². The number of aromatic nitrogens is 4. The van der Waals surface area contributed by atoms with Gasteiger partial charge in [-0.1, -0.05) is 13.8 Å². The van der Waals surface area contributed by atoms with E-state index in [0.29, 0.717) is 5.82 Å². The Hall–Kier alpha value is -1.98. The van der Waals surface area contributed by atoms with Gasteiger partial charge in [0.25, 0.3) is 0 Å². The molecule has 0 aromatic carbocycles. The summed E-state index contributed by atoms with van der Waals surface area (Å²) in [4.78, 5) is 8.70. The van der Waals surface area contributed by atoms with Crippen molar-refractivity contribution in [2.45, 2.75) is 39.7 Å². The lowest BCUT2D eigenvalue weighted by Crippen LogP contribution is -2.15. The van der Waals surface area contributed by atoms with Gasteiger partial charge in [0, 0.05) is 13.0 Å². The first-order valence-corrected chi connectivity index (χ1v) is 6.31. The summed E-state index contributed by atoms with van der Waals surface area (Å²) in [6, 6.07) is 0. The molecule has 0 saturated carbocycles. The normalized spacial score (nSPS) is 11.0. The van der Waals surface area contributed by atoms with E-state index in [4.69, 9.17) is 11.6 Å². The molecule has 0 radical (unpaired) electrons. The van der Waals surface area contributed by atoms with Crippen molar-refractivity contribution in [2.24, 2.45) is 0 Å². The summed E-state index contributed by atoms with van der Waals surface area (Å²) < 4.78 is 3.52. The van der Waals surface area contributed by atoms with Gasteiger partial charge in [0.05, 0.1) is 18.2 Å². The van der Waals surface area contributed by atoms with E-state index in [2.05, 4.69) is 28.4 Å². The minimum absolute atomic E-state index is 0.497. The number of hydrogen-bond acceptors (Lipinski definition) is 4. The Bertz CT molecular complexity index is 525. The van der Waals surface area contributed by atoms with Crippen LogP contribution in [0.5, 0.6) is 0 Å². The van der Waals surface area contributed by atoms with Gasteiger partial charge < -0.3 is 16.1 Å². The van der Waals surface area contributed by atoms with E-state index in [9.17, 15) is 0 Å². The van der Waals surface area contributed by atoms with Crippen LogP contribution in [0.15, 0.2) is 12.5 Å². The van der Waals surface area contributed by atoms with Gasteiger partial charge in [0.15, 0.2) is 5.82 Å². The van der Waals surface area contributed by atoms with E-state index in [1.54, 1.807) is 12.5 Å². The zero-order valence-electron chi connectivity index (χ0n) is 10.9. The number of nitrogens with two attached hydrogens (primary N) is 2. The molecule has 2 aromatic rings. The molecule has 4 N–H and O–H groups in total. The molecular formula is C12H20N6. The molecule has 98 valence electrons. The molecule has 0 aliphatic carbocycles. The summed E-state index contributed by atoms with van der Waals surface area (Å²) in [5.74, 6) is 7.23. The molecule has 0 saturated heterocycles. The lowest BCUT2D eigenvalue weighted by molar-refractivity contribution is 0.683. The van der Waals surface area contributed by atoms with Crippen molar-refractivity contribution >= 4 is 5.82 Å². The monoisotopic (exact) mass is 248 g/mol. The third-order valence-electron chi connectivity index (χ3n) is 2.91. The molecule has 2 heterocycles. The largest absolute Gasteiger partial charge is 0.382 e. The van der Waals surface area contributed by atoms with Crippen LogP contribution >= 0.6 is 0 Å². The number of hydrogen-bond donors (Lipinski definition) is 2. The van der Waals surface area contributed by atoms with Crippen LogP contribution in [0.2, 0.25) is 0 Å². The number of nitrogen functional groups attached to an aromatic ring is 2. The fourth-order valence-electron chi connectivity index (χ4n) is 2.02. The van der Waals surface area contributed by atoms with Crippen LogP contribution in [0.3, 0.4) is 0 Å². The van der Waals surface area contributed by atoms with E-state index >= 15 is 0 Å². The van der Waals surface area contributed by atoms with Gasteiger partial charge in [-0.05, 0) is 12.8 Å². The zero-order valence-corrected chi connectivity index (χ0v) is 10.9. The predicted molar refractivity (Wildman–Crippen MR) is 72.3 cm³/mol. The fourth-order valence-corrected chi connectivity index (χ4v) is 2.02. The number of imidazole rings is 2. The van der Waals surface area contributed by atoms with Crippen molar-refractivity contribution in [3.05, 3.63) is 18.3 Å². The average molecular weight is 248 g/mol. The summed E-state index contributed by atoms with van der Waals surface area (Å²) in [7, 11) is 0. The Balaban J connectivity index is 2.44. The Morgan fingerprint density at radius 3 is 2.72 bits per heavy atom. The topological polar surface area (TPSA) is 87.7 Å².